The number of aromatic nitrogens is 4. The number of hydrogen-bond donors (Lipinski definition) is 1. The summed E-state index contributed by atoms with van der Waals surface area (Å²) in [4.78, 5) is 43.2. The standard InChI is InChI=1S/C19H15ClN4O3/c1-11-6-18(26)24-10-15(20)12(7-16(24)21-11)2-3-13-8-19(27)23-5-4-14(25)9-17(23)22-13/h4-10,22H,2-3H2,1H3. The summed E-state index contributed by atoms with van der Waals surface area (Å²) in [5.41, 5.74) is 2.54. The molecule has 27 heavy (non-hydrogen) atoms. The van der Waals surface area contributed by atoms with Gasteiger partial charge in [0.1, 0.15) is 11.3 Å². The summed E-state index contributed by atoms with van der Waals surface area (Å²) in [7, 11) is 0. The largest absolute Gasteiger partial charge is 0.345 e. The predicted molar refractivity (Wildman–Crippen MR) is 103 cm³/mol. The first-order valence-corrected chi connectivity index (χ1v) is 8.71. The molecule has 0 atom stereocenters. The van der Waals surface area contributed by atoms with Crippen molar-refractivity contribution >= 4 is 22.9 Å². The average molecular weight is 383 g/mol. The van der Waals surface area contributed by atoms with Crippen LogP contribution in [0.25, 0.3) is 11.3 Å². The van der Waals surface area contributed by atoms with Gasteiger partial charge in [-0.15, -0.1) is 0 Å². The number of H-pyrrole nitrogens is 1. The van der Waals surface area contributed by atoms with E-state index >= 15 is 0 Å². The van der Waals surface area contributed by atoms with Crippen molar-refractivity contribution in [1.29, 1.82) is 0 Å². The van der Waals surface area contributed by atoms with Crippen LogP contribution in [0.2, 0.25) is 5.02 Å². The molecule has 0 fully saturated rings. The lowest BCUT2D eigenvalue weighted by Gasteiger charge is -2.09. The van der Waals surface area contributed by atoms with Crippen LogP contribution in [0, 0.1) is 6.92 Å². The Morgan fingerprint density at radius 3 is 2.63 bits per heavy atom. The van der Waals surface area contributed by atoms with Crippen LogP contribution >= 0.6 is 11.6 Å². The van der Waals surface area contributed by atoms with E-state index in [0.717, 1.165) is 5.56 Å². The van der Waals surface area contributed by atoms with Crippen LogP contribution in [-0.2, 0) is 12.8 Å². The van der Waals surface area contributed by atoms with Crippen molar-refractivity contribution in [2.24, 2.45) is 0 Å². The zero-order chi connectivity index (χ0) is 19.1. The average Bonchev–Trinajstić information content (AvgIpc) is 2.60. The number of halogens is 1. The molecule has 0 saturated heterocycles. The number of fused-ring (bicyclic) bond motifs is 2. The van der Waals surface area contributed by atoms with Gasteiger partial charge in [0.15, 0.2) is 5.43 Å². The number of rotatable bonds is 3. The van der Waals surface area contributed by atoms with E-state index in [9.17, 15) is 14.4 Å². The van der Waals surface area contributed by atoms with Gasteiger partial charge in [-0.05, 0) is 31.4 Å². The Balaban J connectivity index is 1.70. The monoisotopic (exact) mass is 382 g/mol. The summed E-state index contributed by atoms with van der Waals surface area (Å²) in [6, 6.07) is 7.45. The third kappa shape index (κ3) is 3.29. The quantitative estimate of drug-likeness (QED) is 0.584. The Morgan fingerprint density at radius 2 is 1.81 bits per heavy atom. The summed E-state index contributed by atoms with van der Waals surface area (Å²) in [5.74, 6) is 0. The molecule has 0 aliphatic carbocycles. The summed E-state index contributed by atoms with van der Waals surface area (Å²) in [6.45, 7) is 1.76. The maximum absolute atomic E-state index is 12.2. The molecule has 136 valence electrons. The molecule has 0 amide bonds. The van der Waals surface area contributed by atoms with Gasteiger partial charge in [0.25, 0.3) is 11.1 Å². The van der Waals surface area contributed by atoms with Crippen LogP contribution in [0.5, 0.6) is 0 Å². The number of nitrogens with zero attached hydrogens (tertiary/aromatic N) is 3. The number of aromatic amines is 1. The van der Waals surface area contributed by atoms with Gasteiger partial charge in [-0.3, -0.25) is 23.2 Å². The van der Waals surface area contributed by atoms with Gasteiger partial charge in [0.2, 0.25) is 0 Å². The molecule has 0 radical (unpaired) electrons. The van der Waals surface area contributed by atoms with Crippen LogP contribution in [0.15, 0.2) is 57.1 Å². The molecule has 0 unspecified atom stereocenters. The lowest BCUT2D eigenvalue weighted by Crippen LogP contribution is -2.18. The SMILES string of the molecule is Cc1cc(=O)n2cc(Cl)c(CCc3cc(=O)n4ccc(=O)cc4[nH]3)cc2n1. The third-order valence-electron chi connectivity index (χ3n) is 4.37. The van der Waals surface area contributed by atoms with Crippen molar-refractivity contribution in [1.82, 2.24) is 18.8 Å². The molecule has 0 aliphatic rings. The van der Waals surface area contributed by atoms with Gasteiger partial charge in [0.05, 0.1) is 5.02 Å². The molecule has 4 heterocycles. The van der Waals surface area contributed by atoms with Gasteiger partial charge in [-0.25, -0.2) is 4.98 Å². The molecule has 8 heteroatoms. The first kappa shape index (κ1) is 17.2. The Hall–Kier alpha value is -3.19. The van der Waals surface area contributed by atoms with Crippen LogP contribution in [0.3, 0.4) is 0 Å². The smallest absolute Gasteiger partial charge is 0.258 e. The lowest BCUT2D eigenvalue weighted by atomic mass is 10.1. The maximum atomic E-state index is 12.2. The molecule has 4 aromatic rings. The van der Waals surface area contributed by atoms with Crippen molar-refractivity contribution in [2.45, 2.75) is 19.8 Å². The Kier molecular flexibility index (Phi) is 4.16. The molecular formula is C19H15ClN4O3. The van der Waals surface area contributed by atoms with Crippen LogP contribution in [0.1, 0.15) is 17.0 Å². The van der Waals surface area contributed by atoms with E-state index in [4.69, 9.17) is 11.6 Å². The molecule has 4 aromatic heterocycles. The fourth-order valence-corrected chi connectivity index (χ4v) is 3.31. The first-order valence-electron chi connectivity index (χ1n) is 8.34. The highest BCUT2D eigenvalue weighted by Gasteiger charge is 2.08. The predicted octanol–water partition coefficient (Wildman–Crippen LogP) is 1.74. The summed E-state index contributed by atoms with van der Waals surface area (Å²) < 4.78 is 2.79. The minimum Gasteiger partial charge on any atom is -0.345 e. The van der Waals surface area contributed by atoms with E-state index < -0.39 is 0 Å². The third-order valence-corrected chi connectivity index (χ3v) is 4.71. The number of nitrogens with one attached hydrogen (secondary N) is 1. The fourth-order valence-electron chi connectivity index (χ4n) is 3.06. The van der Waals surface area contributed by atoms with Crippen molar-refractivity contribution in [3.8, 4) is 0 Å². The van der Waals surface area contributed by atoms with E-state index in [-0.39, 0.29) is 16.5 Å². The molecular weight excluding hydrogens is 368 g/mol. The second kappa shape index (κ2) is 6.51. The summed E-state index contributed by atoms with van der Waals surface area (Å²) in [5, 5.41) is 0.453. The fraction of sp³-hybridized carbons (Fsp3) is 0.158. The molecule has 0 aromatic carbocycles. The lowest BCUT2D eigenvalue weighted by molar-refractivity contribution is 0.886. The van der Waals surface area contributed by atoms with Crippen molar-refractivity contribution < 1.29 is 0 Å². The molecule has 4 rings (SSSR count). The molecule has 0 spiro atoms. The van der Waals surface area contributed by atoms with Gasteiger partial charge in [-0.2, -0.15) is 0 Å². The van der Waals surface area contributed by atoms with Gasteiger partial charge < -0.3 is 4.98 Å². The molecule has 7 nitrogen and oxygen atoms in total. The minimum absolute atomic E-state index is 0.174. The van der Waals surface area contributed by atoms with Gasteiger partial charge >= 0.3 is 0 Å². The molecule has 0 aliphatic heterocycles. The van der Waals surface area contributed by atoms with Gasteiger partial charge in [0, 0.05) is 48.0 Å². The first-order chi connectivity index (χ1) is 12.9. The topological polar surface area (TPSA) is 88.7 Å². The van der Waals surface area contributed by atoms with Crippen LogP contribution < -0.4 is 16.5 Å². The Bertz CT molecular complexity index is 1370. The van der Waals surface area contributed by atoms with Crippen LogP contribution in [-0.4, -0.2) is 18.8 Å². The Morgan fingerprint density at radius 1 is 1.04 bits per heavy atom. The van der Waals surface area contributed by atoms with E-state index in [2.05, 4.69) is 9.97 Å². The molecule has 0 bridgehead atoms. The number of hydrogen-bond acceptors (Lipinski definition) is 4. The second-order valence-corrected chi connectivity index (χ2v) is 6.77. The minimum atomic E-state index is -0.216. The van der Waals surface area contributed by atoms with E-state index in [1.54, 1.807) is 19.2 Å². The zero-order valence-corrected chi connectivity index (χ0v) is 15.2. The summed E-state index contributed by atoms with van der Waals surface area (Å²) >= 11 is 6.32. The second-order valence-electron chi connectivity index (χ2n) is 6.36. The van der Waals surface area contributed by atoms with E-state index in [1.165, 1.54) is 39.3 Å². The highest BCUT2D eigenvalue weighted by Crippen LogP contribution is 2.18. The van der Waals surface area contributed by atoms with Crippen molar-refractivity contribution in [2.75, 3.05) is 0 Å². The molecule has 0 saturated carbocycles. The zero-order valence-electron chi connectivity index (χ0n) is 14.4. The van der Waals surface area contributed by atoms with Gasteiger partial charge in [-0.1, -0.05) is 11.6 Å². The summed E-state index contributed by atoms with van der Waals surface area (Å²) in [6.07, 6.45) is 4.07. The maximum Gasteiger partial charge on any atom is 0.258 e. The number of pyridine rings is 2. The van der Waals surface area contributed by atoms with E-state index in [1.807, 2.05) is 0 Å². The Labute approximate surface area is 157 Å². The normalized spacial score (nSPS) is 11.3. The highest BCUT2D eigenvalue weighted by atomic mass is 35.5. The van der Waals surface area contributed by atoms with Crippen LogP contribution in [0.4, 0.5) is 0 Å². The highest BCUT2D eigenvalue weighted by molar-refractivity contribution is 6.31. The molecule has 1 N–H and O–H groups in total. The van der Waals surface area contributed by atoms with Crippen molar-refractivity contribution in [3.63, 3.8) is 0 Å². The van der Waals surface area contributed by atoms with E-state index in [0.29, 0.717) is 40.5 Å². The number of aryl methyl sites for hydroxylation is 3. The van der Waals surface area contributed by atoms with Crippen molar-refractivity contribution in [3.05, 3.63) is 95.6 Å².